The van der Waals surface area contributed by atoms with Crippen molar-refractivity contribution in [3.63, 3.8) is 0 Å². The summed E-state index contributed by atoms with van der Waals surface area (Å²) >= 11 is 13.2. The fourth-order valence-electron chi connectivity index (χ4n) is 3.09. The average Bonchev–Trinajstić information content (AvgIpc) is 3.30. The van der Waals surface area contributed by atoms with E-state index in [4.69, 9.17) is 27.9 Å². The van der Waals surface area contributed by atoms with Crippen LogP contribution >= 0.6 is 35.0 Å². The number of pyridine rings is 1. The molecule has 1 aliphatic rings. The summed E-state index contributed by atoms with van der Waals surface area (Å²) in [5.41, 5.74) is 3.28. The lowest BCUT2D eigenvalue weighted by Crippen LogP contribution is -2.29. The fourth-order valence-corrected chi connectivity index (χ4v) is 4.84. The standard InChI is InChI=1S/C22H20Cl2F2N4O2S/c1-12-6-16(18(25)26)29-19(15(12)8-27)33-10-14-7-13(4-5-17(14)32-3)9-28-30-20(31)21(2)11-22(21,23)24/h4-7,9,18H,10-11H2,1-3H3,(H,30,31). The number of aromatic nitrogens is 1. The molecule has 0 aliphatic heterocycles. The molecule has 1 aromatic heterocycles. The van der Waals surface area contributed by atoms with E-state index in [9.17, 15) is 18.8 Å². The monoisotopic (exact) mass is 512 g/mol. The molecule has 1 aromatic carbocycles. The van der Waals surface area contributed by atoms with Gasteiger partial charge >= 0.3 is 0 Å². The zero-order valence-electron chi connectivity index (χ0n) is 18.0. The van der Waals surface area contributed by atoms with Gasteiger partial charge in [-0.2, -0.15) is 10.4 Å². The molecular weight excluding hydrogens is 493 g/mol. The van der Waals surface area contributed by atoms with E-state index in [0.29, 0.717) is 29.1 Å². The molecule has 1 aliphatic carbocycles. The van der Waals surface area contributed by atoms with Gasteiger partial charge in [0.1, 0.15) is 26.9 Å². The summed E-state index contributed by atoms with van der Waals surface area (Å²) in [5, 5.41) is 13.6. The Kier molecular flexibility index (Phi) is 7.52. The van der Waals surface area contributed by atoms with Gasteiger partial charge in [-0.3, -0.25) is 4.79 Å². The van der Waals surface area contributed by atoms with Crippen molar-refractivity contribution in [3.8, 4) is 11.8 Å². The maximum Gasteiger partial charge on any atom is 0.280 e. The summed E-state index contributed by atoms with van der Waals surface area (Å²) in [7, 11) is 1.51. The molecule has 1 atom stereocenters. The van der Waals surface area contributed by atoms with Crippen LogP contribution < -0.4 is 10.2 Å². The number of carbonyl (C=O) groups excluding carboxylic acids is 1. The zero-order chi connectivity index (χ0) is 24.4. The van der Waals surface area contributed by atoms with Crippen molar-refractivity contribution >= 4 is 47.1 Å². The van der Waals surface area contributed by atoms with E-state index in [2.05, 4.69) is 15.5 Å². The number of halogens is 4. The van der Waals surface area contributed by atoms with Crippen LogP contribution in [0.15, 0.2) is 34.4 Å². The molecule has 1 unspecified atom stereocenters. The first kappa shape index (κ1) is 25.2. The molecule has 0 saturated heterocycles. The minimum absolute atomic E-state index is 0.226. The molecule has 0 bridgehead atoms. The summed E-state index contributed by atoms with van der Waals surface area (Å²) in [6, 6.07) is 8.50. The lowest BCUT2D eigenvalue weighted by molar-refractivity contribution is -0.125. The average molecular weight is 513 g/mol. The van der Waals surface area contributed by atoms with Crippen molar-refractivity contribution in [1.29, 1.82) is 5.26 Å². The Morgan fingerprint density at radius 2 is 2.15 bits per heavy atom. The molecule has 0 spiro atoms. The van der Waals surface area contributed by atoms with Gasteiger partial charge in [-0.15, -0.1) is 35.0 Å². The van der Waals surface area contributed by atoms with Crippen LogP contribution in [-0.4, -0.2) is 28.5 Å². The number of nitrogens with zero attached hydrogens (tertiary/aromatic N) is 3. The highest BCUT2D eigenvalue weighted by Gasteiger charge is 2.68. The number of methoxy groups -OCH3 is 1. The molecule has 33 heavy (non-hydrogen) atoms. The van der Waals surface area contributed by atoms with Gasteiger partial charge < -0.3 is 4.74 Å². The first-order chi connectivity index (χ1) is 15.5. The number of ether oxygens (including phenoxy) is 1. The molecular formula is C22H20Cl2F2N4O2S. The largest absolute Gasteiger partial charge is 0.496 e. The quantitative estimate of drug-likeness (QED) is 0.217. The van der Waals surface area contributed by atoms with Crippen LogP contribution in [0, 0.1) is 23.7 Å². The summed E-state index contributed by atoms with van der Waals surface area (Å²) in [4.78, 5) is 16.2. The van der Waals surface area contributed by atoms with Gasteiger partial charge in [0.25, 0.3) is 6.43 Å². The van der Waals surface area contributed by atoms with Gasteiger partial charge in [-0.1, -0.05) is 0 Å². The van der Waals surface area contributed by atoms with Gasteiger partial charge in [0, 0.05) is 11.3 Å². The Hall–Kier alpha value is -2.41. The van der Waals surface area contributed by atoms with Gasteiger partial charge in [0.05, 0.1) is 24.3 Å². The molecule has 1 fully saturated rings. The molecule has 6 nitrogen and oxygen atoms in total. The predicted molar refractivity (Wildman–Crippen MR) is 124 cm³/mol. The maximum atomic E-state index is 13.2. The molecule has 11 heteroatoms. The van der Waals surface area contributed by atoms with E-state index in [1.807, 2.05) is 6.07 Å². The molecule has 3 rings (SSSR count). The van der Waals surface area contributed by atoms with E-state index < -0.39 is 16.2 Å². The molecule has 2 aromatic rings. The summed E-state index contributed by atoms with van der Waals surface area (Å²) in [6.07, 6.45) is -0.929. The SMILES string of the molecule is COc1ccc(C=NNC(=O)C2(C)CC2(Cl)Cl)cc1CSc1nc(C(F)F)cc(C)c1C#N. The third-order valence-electron chi connectivity index (χ3n) is 5.35. The molecule has 174 valence electrons. The molecule has 0 radical (unpaired) electrons. The van der Waals surface area contributed by atoms with Crippen molar-refractivity contribution in [2.75, 3.05) is 7.11 Å². The number of hydrogen-bond acceptors (Lipinski definition) is 6. The Labute approximate surface area is 204 Å². The van der Waals surface area contributed by atoms with Crippen molar-refractivity contribution in [3.05, 3.63) is 52.2 Å². The van der Waals surface area contributed by atoms with Crippen LogP contribution in [0.1, 0.15) is 47.7 Å². The Morgan fingerprint density at radius 1 is 1.45 bits per heavy atom. The third kappa shape index (κ3) is 5.40. The highest BCUT2D eigenvalue weighted by Crippen LogP contribution is 2.63. The van der Waals surface area contributed by atoms with Crippen molar-refractivity contribution in [1.82, 2.24) is 10.4 Å². The lowest BCUT2D eigenvalue weighted by Gasteiger charge is -2.12. The summed E-state index contributed by atoms with van der Waals surface area (Å²) < 4.78 is 30.6. The fraction of sp³-hybridized carbons (Fsp3) is 0.364. The van der Waals surface area contributed by atoms with Crippen molar-refractivity contribution in [2.24, 2.45) is 10.5 Å². The second kappa shape index (κ2) is 9.84. The number of alkyl halides is 4. The number of aryl methyl sites for hydroxylation is 1. The van der Waals surface area contributed by atoms with Crippen molar-refractivity contribution in [2.45, 2.75) is 41.8 Å². The van der Waals surface area contributed by atoms with Gasteiger partial charge in [0.15, 0.2) is 0 Å². The summed E-state index contributed by atoms with van der Waals surface area (Å²) in [6.45, 7) is 3.26. The number of nitrogens with one attached hydrogen (secondary N) is 1. The Bertz CT molecular complexity index is 1150. The number of rotatable bonds is 8. The van der Waals surface area contributed by atoms with E-state index in [0.717, 1.165) is 17.3 Å². The number of hydrogen-bond donors (Lipinski definition) is 1. The molecule has 1 heterocycles. The normalized spacial score (nSPS) is 18.9. The lowest BCUT2D eigenvalue weighted by atomic mass is 10.1. The third-order valence-corrected chi connectivity index (χ3v) is 7.47. The van der Waals surface area contributed by atoms with Crippen molar-refractivity contribution < 1.29 is 18.3 Å². The highest BCUT2D eigenvalue weighted by atomic mass is 35.5. The van der Waals surface area contributed by atoms with Crippen LogP contribution in [0.3, 0.4) is 0 Å². The van der Waals surface area contributed by atoms with E-state index in [-0.39, 0.29) is 22.2 Å². The predicted octanol–water partition coefficient (Wildman–Crippen LogP) is 5.53. The molecule has 1 saturated carbocycles. The number of thioether (sulfide) groups is 1. The second-order valence-corrected chi connectivity index (χ2v) is 10.2. The second-order valence-electron chi connectivity index (χ2n) is 7.73. The van der Waals surface area contributed by atoms with Gasteiger partial charge in [-0.05, 0) is 55.7 Å². The smallest absolute Gasteiger partial charge is 0.280 e. The number of benzene rings is 1. The van der Waals surface area contributed by atoms with Gasteiger partial charge in [-0.25, -0.2) is 19.2 Å². The van der Waals surface area contributed by atoms with E-state index in [1.54, 1.807) is 32.0 Å². The maximum absolute atomic E-state index is 13.2. The van der Waals surface area contributed by atoms with E-state index in [1.165, 1.54) is 19.4 Å². The molecule has 1 amide bonds. The Morgan fingerprint density at radius 3 is 2.73 bits per heavy atom. The number of hydrazone groups is 1. The zero-order valence-corrected chi connectivity index (χ0v) is 20.3. The summed E-state index contributed by atoms with van der Waals surface area (Å²) in [5.74, 6) is 0.505. The number of nitriles is 1. The van der Waals surface area contributed by atoms with Crippen LogP contribution in [0.25, 0.3) is 0 Å². The minimum atomic E-state index is -2.74. The highest BCUT2D eigenvalue weighted by molar-refractivity contribution is 7.98. The van der Waals surface area contributed by atoms with Gasteiger partial charge in [0.2, 0.25) is 5.91 Å². The molecule has 1 N–H and O–H groups in total. The van der Waals surface area contributed by atoms with Crippen LogP contribution in [0.2, 0.25) is 0 Å². The number of amides is 1. The van der Waals surface area contributed by atoms with Crippen LogP contribution in [0.5, 0.6) is 5.75 Å². The Balaban J connectivity index is 1.76. The first-order valence-corrected chi connectivity index (χ1v) is 11.5. The van der Waals surface area contributed by atoms with Crippen LogP contribution in [0.4, 0.5) is 8.78 Å². The first-order valence-electron chi connectivity index (χ1n) is 9.73. The van der Waals surface area contributed by atoms with Crippen LogP contribution in [-0.2, 0) is 10.5 Å². The minimum Gasteiger partial charge on any atom is -0.496 e. The number of carbonyl (C=O) groups is 1. The topological polar surface area (TPSA) is 87.4 Å². The van der Waals surface area contributed by atoms with E-state index >= 15 is 0 Å².